The van der Waals surface area contributed by atoms with Gasteiger partial charge in [0.25, 0.3) is 0 Å². The van der Waals surface area contributed by atoms with E-state index >= 15 is 0 Å². The highest BCUT2D eigenvalue weighted by Gasteiger charge is 2.22. The largest absolute Gasteiger partial charge is 0.480 e. The van der Waals surface area contributed by atoms with E-state index in [4.69, 9.17) is 9.72 Å². The molecule has 2 aromatic heterocycles. The third-order valence-corrected chi connectivity index (χ3v) is 6.42. The van der Waals surface area contributed by atoms with Gasteiger partial charge in [-0.1, -0.05) is 6.07 Å². The molecular weight excluding hydrogens is 479 g/mol. The van der Waals surface area contributed by atoms with E-state index in [-0.39, 0.29) is 12.8 Å². The lowest BCUT2D eigenvalue weighted by Gasteiger charge is -2.27. The van der Waals surface area contributed by atoms with Crippen LogP contribution in [-0.2, 0) is 33.6 Å². The molecule has 0 saturated heterocycles. The number of unbranched alkanes of at least 4 members (excludes halogenated alkanes) is 1. The Kier molecular flexibility index (Phi) is 11.6. The van der Waals surface area contributed by atoms with Gasteiger partial charge in [0.05, 0.1) is 12.5 Å². The van der Waals surface area contributed by atoms with Crippen LogP contribution in [0.2, 0.25) is 0 Å². The van der Waals surface area contributed by atoms with Crippen LogP contribution < -0.4 is 10.6 Å². The van der Waals surface area contributed by atoms with Crippen LogP contribution in [-0.4, -0.2) is 88.9 Å². The first-order valence-electron chi connectivity index (χ1n) is 12.8. The minimum absolute atomic E-state index is 0.00577. The molecule has 0 spiro atoms. The Bertz CT molecular complexity index is 992. The third kappa shape index (κ3) is 9.66. The number of carbonyl (C=O) groups excluding carboxylic acids is 1. The molecule has 0 saturated carbocycles. The number of aliphatic carboxylic acids is 1. The summed E-state index contributed by atoms with van der Waals surface area (Å²) >= 11 is 0. The molecule has 3 rings (SSSR count). The van der Waals surface area contributed by atoms with Crippen molar-refractivity contribution in [3.05, 3.63) is 47.7 Å². The van der Waals surface area contributed by atoms with Crippen molar-refractivity contribution in [1.82, 2.24) is 25.2 Å². The van der Waals surface area contributed by atoms with Gasteiger partial charge in [-0.2, -0.15) is 0 Å². The molecular formula is C26H37FN6O4. The molecule has 1 aliphatic heterocycles. The number of fused-ring (bicyclic) bond motifs is 1. The van der Waals surface area contributed by atoms with Crippen LogP contribution in [0.25, 0.3) is 0 Å². The fourth-order valence-electron chi connectivity index (χ4n) is 4.34. The van der Waals surface area contributed by atoms with Crippen molar-refractivity contribution < 1.29 is 23.8 Å². The zero-order chi connectivity index (χ0) is 26.5. The molecule has 0 radical (unpaired) electrons. The number of aryl methyl sites for hydroxylation is 2. The summed E-state index contributed by atoms with van der Waals surface area (Å²) < 4.78 is 18.6. The van der Waals surface area contributed by atoms with Crippen LogP contribution in [0.15, 0.2) is 30.9 Å². The predicted molar refractivity (Wildman–Crippen MR) is 137 cm³/mol. The van der Waals surface area contributed by atoms with Gasteiger partial charge in [-0.15, -0.1) is 0 Å². The predicted octanol–water partition coefficient (Wildman–Crippen LogP) is 2.04. The summed E-state index contributed by atoms with van der Waals surface area (Å²) in [5, 5.41) is 15.6. The Morgan fingerprint density at radius 3 is 2.78 bits per heavy atom. The lowest BCUT2D eigenvalue weighted by Crippen LogP contribution is -2.45. The molecule has 10 nitrogen and oxygen atoms in total. The summed E-state index contributed by atoms with van der Waals surface area (Å²) in [6.07, 6.45) is 8.73. The molecule has 2 aromatic rings. The summed E-state index contributed by atoms with van der Waals surface area (Å²) in [6.45, 7) is 1.70. The second-order valence-electron chi connectivity index (χ2n) is 9.28. The number of carboxylic acid groups (broad SMARTS) is 1. The van der Waals surface area contributed by atoms with E-state index in [0.717, 1.165) is 50.2 Å². The summed E-state index contributed by atoms with van der Waals surface area (Å²) in [4.78, 5) is 38.6. The lowest BCUT2D eigenvalue weighted by molar-refractivity contribution is -0.142. The Morgan fingerprint density at radius 2 is 2.05 bits per heavy atom. The summed E-state index contributed by atoms with van der Waals surface area (Å²) in [5.41, 5.74) is 2.90. The second-order valence-corrected chi connectivity index (χ2v) is 9.28. The van der Waals surface area contributed by atoms with E-state index in [0.29, 0.717) is 25.2 Å². The number of aromatic nitrogens is 3. The number of anilines is 1. The molecule has 1 amide bonds. The Balaban J connectivity index is 1.50. The molecule has 0 aromatic carbocycles. The molecule has 0 bridgehead atoms. The Morgan fingerprint density at radius 1 is 1.24 bits per heavy atom. The zero-order valence-electron chi connectivity index (χ0n) is 21.4. The second kappa shape index (κ2) is 15.2. The van der Waals surface area contributed by atoms with Gasteiger partial charge in [-0.25, -0.2) is 24.1 Å². The van der Waals surface area contributed by atoms with Gasteiger partial charge in [0, 0.05) is 44.8 Å². The average Bonchev–Trinajstić information content (AvgIpc) is 2.91. The smallest absolute Gasteiger partial charge is 0.326 e. The lowest BCUT2D eigenvalue weighted by atomic mass is 10.1. The standard InChI is InChI=1S/C26H37FN6O4/c1-37-22(14-27)17-33(11-3-2-6-21-8-7-20-5-4-10-30-25(20)31-21)12-9-23(26(35)36)32-24(34)13-19-15-28-18-29-16-19/h7-8,15-16,18,22-23H,2-6,9-14,17H2,1H3,(H,30,31)(H,32,34)(H,35,36). The van der Waals surface area contributed by atoms with Crippen molar-refractivity contribution >= 4 is 17.7 Å². The van der Waals surface area contributed by atoms with E-state index in [1.54, 1.807) is 0 Å². The highest BCUT2D eigenvalue weighted by molar-refractivity contribution is 5.84. The van der Waals surface area contributed by atoms with Gasteiger partial charge >= 0.3 is 5.97 Å². The van der Waals surface area contributed by atoms with E-state index in [9.17, 15) is 19.1 Å². The highest BCUT2D eigenvalue weighted by atomic mass is 19.1. The molecule has 0 aliphatic carbocycles. The number of carboxylic acids is 1. The fraction of sp³-hybridized carbons (Fsp3) is 0.577. The minimum Gasteiger partial charge on any atom is -0.480 e. The fourth-order valence-corrected chi connectivity index (χ4v) is 4.34. The topological polar surface area (TPSA) is 130 Å². The van der Waals surface area contributed by atoms with Gasteiger partial charge in [0.15, 0.2) is 0 Å². The van der Waals surface area contributed by atoms with Crippen LogP contribution in [0.5, 0.6) is 0 Å². The average molecular weight is 517 g/mol. The first-order chi connectivity index (χ1) is 18.0. The van der Waals surface area contributed by atoms with Gasteiger partial charge in [0.1, 0.15) is 24.9 Å². The number of methoxy groups -OCH3 is 1. The van der Waals surface area contributed by atoms with Crippen LogP contribution in [0.4, 0.5) is 10.2 Å². The number of amides is 1. The number of carbonyl (C=O) groups is 2. The maximum absolute atomic E-state index is 13.3. The van der Waals surface area contributed by atoms with Gasteiger partial charge in [0.2, 0.25) is 5.91 Å². The summed E-state index contributed by atoms with van der Waals surface area (Å²) in [7, 11) is 1.46. The number of nitrogens with one attached hydrogen (secondary N) is 2. The maximum Gasteiger partial charge on any atom is 0.326 e. The first kappa shape index (κ1) is 28.4. The van der Waals surface area contributed by atoms with Gasteiger partial charge in [-0.05, 0) is 62.3 Å². The van der Waals surface area contributed by atoms with Gasteiger partial charge in [-0.3, -0.25) is 4.79 Å². The molecule has 202 valence electrons. The highest BCUT2D eigenvalue weighted by Crippen LogP contribution is 2.20. The zero-order valence-corrected chi connectivity index (χ0v) is 21.4. The first-order valence-corrected chi connectivity index (χ1v) is 12.8. The van der Waals surface area contributed by atoms with Crippen molar-refractivity contribution in [3.63, 3.8) is 0 Å². The summed E-state index contributed by atoms with van der Waals surface area (Å²) in [5.74, 6) is -0.546. The molecule has 2 unspecified atom stereocenters. The molecule has 11 heteroatoms. The number of pyridine rings is 1. The molecule has 37 heavy (non-hydrogen) atoms. The number of ether oxygens (including phenoxy) is 1. The third-order valence-electron chi connectivity index (χ3n) is 6.42. The number of rotatable bonds is 16. The van der Waals surface area contributed by atoms with Crippen molar-refractivity contribution in [2.24, 2.45) is 0 Å². The molecule has 3 N–H and O–H groups in total. The monoisotopic (exact) mass is 516 g/mol. The van der Waals surface area contributed by atoms with Crippen LogP contribution in [0.3, 0.4) is 0 Å². The van der Waals surface area contributed by atoms with E-state index in [1.807, 2.05) is 4.90 Å². The van der Waals surface area contributed by atoms with Crippen LogP contribution in [0, 0.1) is 0 Å². The van der Waals surface area contributed by atoms with E-state index < -0.39 is 30.7 Å². The normalized spacial score (nSPS) is 14.5. The molecule has 3 heterocycles. The quantitative estimate of drug-likeness (QED) is 0.287. The SMILES string of the molecule is COC(CF)CN(CCCCc1ccc2c(n1)NCCC2)CCC(NC(=O)Cc1cncnc1)C(=O)O. The Hall–Kier alpha value is -3.18. The minimum atomic E-state index is -1.11. The van der Waals surface area contributed by atoms with Crippen molar-refractivity contribution in [3.8, 4) is 0 Å². The van der Waals surface area contributed by atoms with Crippen molar-refractivity contribution in [2.45, 2.75) is 57.1 Å². The summed E-state index contributed by atoms with van der Waals surface area (Å²) in [6, 6.07) is 3.17. The van der Waals surface area contributed by atoms with Crippen molar-refractivity contribution in [1.29, 1.82) is 0 Å². The number of alkyl halides is 1. The van der Waals surface area contributed by atoms with E-state index in [2.05, 4.69) is 32.7 Å². The number of hydrogen-bond donors (Lipinski definition) is 3. The Labute approximate surface area is 217 Å². The molecule has 2 atom stereocenters. The number of nitrogens with zero attached hydrogens (tertiary/aromatic N) is 4. The van der Waals surface area contributed by atoms with Crippen LogP contribution in [0.1, 0.15) is 42.5 Å². The molecule has 1 aliphatic rings. The van der Waals surface area contributed by atoms with E-state index in [1.165, 1.54) is 31.4 Å². The molecule has 0 fully saturated rings. The van der Waals surface area contributed by atoms with Crippen molar-refractivity contribution in [2.75, 3.05) is 45.3 Å². The maximum atomic E-state index is 13.3. The van der Waals surface area contributed by atoms with Gasteiger partial charge < -0.3 is 25.4 Å². The number of halogens is 1. The van der Waals surface area contributed by atoms with Crippen LogP contribution >= 0.6 is 0 Å². The number of hydrogen-bond acceptors (Lipinski definition) is 8.